The number of nitrogens with zero attached hydrogens (tertiary/aromatic N) is 1. The van der Waals surface area contributed by atoms with Gasteiger partial charge in [0.25, 0.3) is 0 Å². The van der Waals surface area contributed by atoms with Crippen molar-refractivity contribution >= 4 is 17.6 Å². The van der Waals surface area contributed by atoms with Crippen molar-refractivity contribution in [3.63, 3.8) is 0 Å². The molecule has 1 heterocycles. The van der Waals surface area contributed by atoms with Gasteiger partial charge in [0.15, 0.2) is 0 Å². The molecule has 0 saturated carbocycles. The molecule has 7 heteroatoms. The average Bonchev–Trinajstić information content (AvgIpc) is 2.38. The average molecular weight is 297 g/mol. The molecule has 0 fully saturated rings. The Kier molecular flexibility index (Phi) is 3.99. The first-order valence-corrected chi connectivity index (χ1v) is 6.34. The molecule has 1 aromatic carbocycles. The first kappa shape index (κ1) is 14.4. The van der Waals surface area contributed by atoms with Crippen LogP contribution in [-0.4, -0.2) is 10.8 Å². The number of hydrogen-bond acceptors (Lipinski definition) is 3. The van der Waals surface area contributed by atoms with E-state index in [4.69, 9.17) is 11.1 Å². The third-order valence-corrected chi connectivity index (χ3v) is 3.48. The Morgan fingerprint density at radius 2 is 1.95 bits per heavy atom. The predicted octanol–water partition coefficient (Wildman–Crippen LogP) is 3.54. The van der Waals surface area contributed by atoms with Gasteiger partial charge >= 0.3 is 6.18 Å². The van der Waals surface area contributed by atoms with E-state index >= 15 is 0 Å². The summed E-state index contributed by atoms with van der Waals surface area (Å²) in [6, 6.07) is 8.39. The molecular weight excluding hydrogens is 287 g/mol. The predicted molar refractivity (Wildman–Crippen MR) is 70.8 cm³/mol. The van der Waals surface area contributed by atoms with Crippen molar-refractivity contribution in [3.8, 4) is 0 Å². The second-order valence-electron chi connectivity index (χ2n) is 3.89. The molecule has 104 valence electrons. The monoisotopic (exact) mass is 297 g/mol. The van der Waals surface area contributed by atoms with Crippen molar-refractivity contribution in [2.24, 2.45) is 5.73 Å². The highest BCUT2D eigenvalue weighted by atomic mass is 32.2. The summed E-state index contributed by atoms with van der Waals surface area (Å²) in [4.78, 5) is 4.54. The normalized spacial score (nSPS) is 11.3. The van der Waals surface area contributed by atoms with E-state index in [-0.39, 0.29) is 5.56 Å². The first-order chi connectivity index (χ1) is 9.38. The van der Waals surface area contributed by atoms with Crippen LogP contribution in [0, 0.1) is 5.41 Å². The van der Waals surface area contributed by atoms with Gasteiger partial charge in [-0.15, -0.1) is 0 Å². The lowest BCUT2D eigenvalue weighted by molar-refractivity contribution is -0.137. The van der Waals surface area contributed by atoms with E-state index in [2.05, 4.69) is 4.98 Å². The Morgan fingerprint density at radius 3 is 2.50 bits per heavy atom. The van der Waals surface area contributed by atoms with Crippen LogP contribution in [0.25, 0.3) is 0 Å². The minimum absolute atomic E-state index is 0.0514. The van der Waals surface area contributed by atoms with Crippen LogP contribution in [0.3, 0.4) is 0 Å². The summed E-state index contributed by atoms with van der Waals surface area (Å²) < 4.78 is 38.0. The zero-order valence-electron chi connectivity index (χ0n) is 10.1. The molecule has 3 nitrogen and oxygen atoms in total. The van der Waals surface area contributed by atoms with Gasteiger partial charge in [-0.25, -0.2) is 4.98 Å². The van der Waals surface area contributed by atoms with E-state index in [1.54, 1.807) is 24.4 Å². The molecule has 3 N–H and O–H groups in total. The zero-order valence-corrected chi connectivity index (χ0v) is 10.9. The lowest BCUT2D eigenvalue weighted by Crippen LogP contribution is -2.15. The second-order valence-corrected chi connectivity index (χ2v) is 4.95. The minimum Gasteiger partial charge on any atom is -0.384 e. The number of benzene rings is 1. The van der Waals surface area contributed by atoms with Crippen LogP contribution < -0.4 is 5.73 Å². The minimum atomic E-state index is -4.46. The Balaban J connectivity index is 2.41. The van der Waals surface area contributed by atoms with E-state index in [0.717, 1.165) is 23.9 Å². The van der Waals surface area contributed by atoms with Crippen LogP contribution in [-0.2, 0) is 6.18 Å². The number of pyridine rings is 1. The largest absolute Gasteiger partial charge is 0.416 e. The number of alkyl halides is 3. The van der Waals surface area contributed by atoms with E-state index < -0.39 is 17.6 Å². The lowest BCUT2D eigenvalue weighted by atomic mass is 10.1. The zero-order chi connectivity index (χ0) is 14.8. The fourth-order valence-electron chi connectivity index (χ4n) is 1.53. The quantitative estimate of drug-likeness (QED) is 0.673. The highest BCUT2D eigenvalue weighted by Crippen LogP contribution is 2.34. The molecule has 2 rings (SSSR count). The number of nitrogens with two attached hydrogens (primary N) is 1. The van der Waals surface area contributed by atoms with E-state index in [1.165, 1.54) is 6.07 Å². The smallest absolute Gasteiger partial charge is 0.384 e. The highest BCUT2D eigenvalue weighted by Gasteiger charge is 2.31. The van der Waals surface area contributed by atoms with Gasteiger partial charge in [-0.2, -0.15) is 13.2 Å². The molecule has 0 bridgehead atoms. The number of nitrogen functional groups attached to an aromatic ring is 1. The summed E-state index contributed by atoms with van der Waals surface area (Å²) in [6.07, 6.45) is -2.88. The van der Waals surface area contributed by atoms with E-state index in [0.29, 0.717) is 9.92 Å². The first-order valence-electron chi connectivity index (χ1n) is 5.52. The Morgan fingerprint density at radius 1 is 1.20 bits per heavy atom. The fraction of sp³-hybridized carbons (Fsp3) is 0.0769. The summed E-state index contributed by atoms with van der Waals surface area (Å²) in [7, 11) is 0. The molecule has 0 atom stereocenters. The number of halogens is 3. The molecule has 0 aliphatic carbocycles. The Bertz CT molecular complexity index is 627. The number of nitrogens with one attached hydrogen (secondary N) is 1. The maximum atomic E-state index is 12.7. The Hall–Kier alpha value is -2.02. The van der Waals surface area contributed by atoms with Crippen molar-refractivity contribution in [2.75, 3.05) is 0 Å². The fourth-order valence-corrected chi connectivity index (χ4v) is 2.43. The van der Waals surface area contributed by atoms with Crippen molar-refractivity contribution in [1.82, 2.24) is 4.98 Å². The van der Waals surface area contributed by atoms with Gasteiger partial charge in [0.1, 0.15) is 10.9 Å². The number of rotatable bonds is 3. The van der Waals surface area contributed by atoms with Crippen LogP contribution in [0.2, 0.25) is 0 Å². The van der Waals surface area contributed by atoms with Crippen LogP contribution in [0.15, 0.2) is 52.5 Å². The highest BCUT2D eigenvalue weighted by molar-refractivity contribution is 7.99. The Labute approximate surface area is 117 Å². The summed E-state index contributed by atoms with van der Waals surface area (Å²) in [5, 5.41) is 8.04. The van der Waals surface area contributed by atoms with Crippen molar-refractivity contribution in [2.45, 2.75) is 16.1 Å². The lowest BCUT2D eigenvalue weighted by Gasteiger charge is -2.12. The number of aromatic nitrogens is 1. The molecule has 0 amide bonds. The SMILES string of the molecule is N=C(N)c1cc(C(F)(F)F)ccc1Sc1ccccn1. The summed E-state index contributed by atoms with van der Waals surface area (Å²) >= 11 is 1.16. The van der Waals surface area contributed by atoms with Gasteiger partial charge in [-0.1, -0.05) is 17.8 Å². The van der Waals surface area contributed by atoms with Gasteiger partial charge in [-0.05, 0) is 30.3 Å². The molecular formula is C13H10F3N3S. The van der Waals surface area contributed by atoms with Gasteiger partial charge in [0.05, 0.1) is 5.56 Å². The van der Waals surface area contributed by atoms with Gasteiger partial charge in [0.2, 0.25) is 0 Å². The van der Waals surface area contributed by atoms with Crippen LogP contribution >= 0.6 is 11.8 Å². The summed E-state index contributed by atoms with van der Waals surface area (Å²) in [5.41, 5.74) is 4.59. The third kappa shape index (κ3) is 3.30. The van der Waals surface area contributed by atoms with Gasteiger partial charge in [0, 0.05) is 16.7 Å². The van der Waals surface area contributed by atoms with E-state index in [9.17, 15) is 13.2 Å². The third-order valence-electron chi connectivity index (χ3n) is 2.45. The molecule has 0 spiro atoms. The van der Waals surface area contributed by atoms with Gasteiger partial charge < -0.3 is 5.73 Å². The summed E-state index contributed by atoms with van der Waals surface area (Å²) in [6.45, 7) is 0. The molecule has 0 unspecified atom stereocenters. The van der Waals surface area contributed by atoms with Crippen molar-refractivity contribution < 1.29 is 13.2 Å². The topological polar surface area (TPSA) is 62.8 Å². The molecule has 1 aromatic heterocycles. The van der Waals surface area contributed by atoms with E-state index in [1.807, 2.05) is 0 Å². The van der Waals surface area contributed by atoms with Crippen LogP contribution in [0.1, 0.15) is 11.1 Å². The molecule has 20 heavy (non-hydrogen) atoms. The number of hydrogen-bond donors (Lipinski definition) is 2. The maximum Gasteiger partial charge on any atom is 0.416 e. The second kappa shape index (κ2) is 5.54. The van der Waals surface area contributed by atoms with Crippen molar-refractivity contribution in [3.05, 3.63) is 53.7 Å². The van der Waals surface area contributed by atoms with Crippen LogP contribution in [0.4, 0.5) is 13.2 Å². The standard InChI is InChI=1S/C13H10F3N3S/c14-13(15,16)8-4-5-10(9(7-8)12(17)18)20-11-3-1-2-6-19-11/h1-7H,(H3,17,18). The number of amidine groups is 1. The van der Waals surface area contributed by atoms with Gasteiger partial charge in [-0.3, -0.25) is 5.41 Å². The molecule has 0 radical (unpaired) electrons. The molecule has 0 aliphatic rings. The summed E-state index contributed by atoms with van der Waals surface area (Å²) in [5.74, 6) is -0.408. The maximum absolute atomic E-state index is 12.7. The molecule has 2 aromatic rings. The molecule has 0 aliphatic heterocycles. The molecule has 0 saturated heterocycles. The van der Waals surface area contributed by atoms with Crippen molar-refractivity contribution in [1.29, 1.82) is 5.41 Å². The van der Waals surface area contributed by atoms with Crippen LogP contribution in [0.5, 0.6) is 0 Å².